The van der Waals surface area contributed by atoms with Gasteiger partial charge < -0.3 is 15.5 Å². The maximum atomic E-state index is 12.3. The van der Waals surface area contributed by atoms with Crippen LogP contribution in [0.3, 0.4) is 0 Å². The number of likely N-dealkylation sites (tertiary alicyclic amines) is 1. The van der Waals surface area contributed by atoms with Crippen LogP contribution in [0.15, 0.2) is 30.3 Å². The molecule has 1 heterocycles. The van der Waals surface area contributed by atoms with E-state index in [1.165, 1.54) is 5.56 Å². The fraction of sp³-hybridized carbons (Fsp3) is 0.579. The van der Waals surface area contributed by atoms with Crippen LogP contribution in [0, 0.1) is 0 Å². The molecule has 2 N–H and O–H groups in total. The monoisotopic (exact) mass is 331 g/mol. The summed E-state index contributed by atoms with van der Waals surface area (Å²) in [4.78, 5) is 26.1. The molecule has 0 spiro atoms. The lowest BCUT2D eigenvalue weighted by molar-refractivity contribution is -0.132. The molecular formula is C19H29N3O2. The van der Waals surface area contributed by atoms with Gasteiger partial charge >= 0.3 is 0 Å². The lowest BCUT2D eigenvalue weighted by Crippen LogP contribution is -2.46. The van der Waals surface area contributed by atoms with Crippen molar-refractivity contribution in [2.45, 2.75) is 44.6 Å². The Morgan fingerprint density at radius 2 is 1.83 bits per heavy atom. The van der Waals surface area contributed by atoms with Gasteiger partial charge in [0.25, 0.3) is 0 Å². The molecule has 1 fully saturated rings. The average Bonchev–Trinajstić information content (AvgIpc) is 2.61. The molecule has 1 aromatic carbocycles. The summed E-state index contributed by atoms with van der Waals surface area (Å²) in [5, 5.41) is 6.13. The molecule has 2 rings (SSSR count). The van der Waals surface area contributed by atoms with Gasteiger partial charge in [0.15, 0.2) is 0 Å². The number of carbonyl (C=O) groups is 2. The van der Waals surface area contributed by atoms with E-state index >= 15 is 0 Å². The first-order chi connectivity index (χ1) is 11.7. The van der Waals surface area contributed by atoms with E-state index in [0.717, 1.165) is 45.3 Å². The Hall–Kier alpha value is -1.88. The molecule has 0 bridgehead atoms. The molecule has 5 nitrogen and oxygen atoms in total. The number of benzene rings is 1. The predicted octanol–water partition coefficient (Wildman–Crippen LogP) is 1.73. The van der Waals surface area contributed by atoms with Crippen molar-refractivity contribution in [2.24, 2.45) is 0 Å². The minimum Gasteiger partial charge on any atom is -0.353 e. The molecule has 0 unspecified atom stereocenters. The van der Waals surface area contributed by atoms with Gasteiger partial charge in [-0.2, -0.15) is 0 Å². The van der Waals surface area contributed by atoms with Crippen molar-refractivity contribution in [2.75, 3.05) is 26.7 Å². The minimum atomic E-state index is 0.124. The molecule has 2 amide bonds. The van der Waals surface area contributed by atoms with Crippen LogP contribution in [0.4, 0.5) is 0 Å². The van der Waals surface area contributed by atoms with Crippen molar-refractivity contribution in [3.05, 3.63) is 35.9 Å². The van der Waals surface area contributed by atoms with Gasteiger partial charge in [-0.1, -0.05) is 30.3 Å². The summed E-state index contributed by atoms with van der Waals surface area (Å²) in [6.45, 7) is 2.35. The van der Waals surface area contributed by atoms with E-state index in [1.807, 2.05) is 30.1 Å². The first-order valence-electron chi connectivity index (χ1n) is 8.94. The van der Waals surface area contributed by atoms with Gasteiger partial charge in [-0.25, -0.2) is 0 Å². The Bertz CT molecular complexity index is 511. The van der Waals surface area contributed by atoms with Gasteiger partial charge in [0.1, 0.15) is 0 Å². The van der Waals surface area contributed by atoms with Gasteiger partial charge in [-0.15, -0.1) is 0 Å². The van der Waals surface area contributed by atoms with E-state index in [9.17, 15) is 9.59 Å². The van der Waals surface area contributed by atoms with Crippen molar-refractivity contribution in [1.82, 2.24) is 15.5 Å². The van der Waals surface area contributed by atoms with E-state index in [1.54, 1.807) is 0 Å². The molecule has 1 aliphatic heterocycles. The fourth-order valence-corrected chi connectivity index (χ4v) is 3.05. The summed E-state index contributed by atoms with van der Waals surface area (Å²) in [5.74, 6) is 0.344. The molecule has 5 heteroatoms. The Morgan fingerprint density at radius 3 is 2.50 bits per heavy atom. The molecule has 24 heavy (non-hydrogen) atoms. The molecule has 1 aliphatic rings. The number of nitrogens with zero attached hydrogens (tertiary/aromatic N) is 1. The molecule has 0 aromatic heterocycles. The Morgan fingerprint density at radius 1 is 1.12 bits per heavy atom. The highest BCUT2D eigenvalue weighted by Crippen LogP contribution is 2.13. The van der Waals surface area contributed by atoms with Gasteiger partial charge in [0.2, 0.25) is 11.8 Å². The number of hydrogen-bond donors (Lipinski definition) is 2. The van der Waals surface area contributed by atoms with Gasteiger partial charge in [-0.3, -0.25) is 9.59 Å². The standard InChI is InChI=1S/C19H29N3O2/c1-20-13-5-8-18(23)21-17-11-14-22(15-12-17)19(24)10-9-16-6-3-2-4-7-16/h2-4,6-7,17,20H,5,8-15H2,1H3,(H,21,23). The molecule has 1 aromatic rings. The number of nitrogens with one attached hydrogen (secondary N) is 2. The minimum absolute atomic E-state index is 0.124. The number of aryl methyl sites for hydroxylation is 1. The molecule has 1 saturated heterocycles. The maximum Gasteiger partial charge on any atom is 0.222 e. The molecule has 0 aliphatic carbocycles. The fourth-order valence-electron chi connectivity index (χ4n) is 3.05. The second-order valence-corrected chi connectivity index (χ2v) is 6.42. The SMILES string of the molecule is CNCCCC(=O)NC1CCN(C(=O)CCc2ccccc2)CC1. The van der Waals surface area contributed by atoms with E-state index in [2.05, 4.69) is 22.8 Å². The first-order valence-corrected chi connectivity index (χ1v) is 8.94. The van der Waals surface area contributed by atoms with Crippen LogP contribution in [0.25, 0.3) is 0 Å². The smallest absolute Gasteiger partial charge is 0.222 e. The van der Waals surface area contributed by atoms with Crippen molar-refractivity contribution in [3.8, 4) is 0 Å². The van der Waals surface area contributed by atoms with E-state index in [-0.39, 0.29) is 17.9 Å². The maximum absolute atomic E-state index is 12.3. The van der Waals surface area contributed by atoms with Crippen LogP contribution in [-0.2, 0) is 16.0 Å². The Labute approximate surface area is 144 Å². The zero-order chi connectivity index (χ0) is 17.2. The summed E-state index contributed by atoms with van der Waals surface area (Å²) >= 11 is 0. The normalized spacial score (nSPS) is 15.3. The average molecular weight is 331 g/mol. The lowest BCUT2D eigenvalue weighted by Gasteiger charge is -2.32. The van der Waals surface area contributed by atoms with Crippen molar-refractivity contribution >= 4 is 11.8 Å². The van der Waals surface area contributed by atoms with Crippen molar-refractivity contribution in [3.63, 3.8) is 0 Å². The van der Waals surface area contributed by atoms with E-state index < -0.39 is 0 Å². The highest BCUT2D eigenvalue weighted by molar-refractivity contribution is 5.77. The molecular weight excluding hydrogens is 302 g/mol. The number of piperidine rings is 1. The molecule has 0 saturated carbocycles. The van der Waals surface area contributed by atoms with Crippen LogP contribution in [0.2, 0.25) is 0 Å². The third-order valence-corrected chi connectivity index (χ3v) is 4.51. The molecule has 0 atom stereocenters. The third-order valence-electron chi connectivity index (χ3n) is 4.51. The largest absolute Gasteiger partial charge is 0.353 e. The first kappa shape index (κ1) is 18.5. The van der Waals surface area contributed by atoms with Gasteiger partial charge in [0, 0.05) is 32.0 Å². The van der Waals surface area contributed by atoms with E-state index in [4.69, 9.17) is 0 Å². The third kappa shape index (κ3) is 6.32. The van der Waals surface area contributed by atoms with Crippen LogP contribution in [0.5, 0.6) is 0 Å². The molecule has 0 radical (unpaired) electrons. The van der Waals surface area contributed by atoms with Crippen LogP contribution >= 0.6 is 0 Å². The van der Waals surface area contributed by atoms with Crippen LogP contribution in [0.1, 0.15) is 37.7 Å². The van der Waals surface area contributed by atoms with Gasteiger partial charge in [-0.05, 0) is 44.8 Å². The van der Waals surface area contributed by atoms with Crippen LogP contribution in [-0.4, -0.2) is 49.4 Å². The second kappa shape index (κ2) is 10.1. The highest BCUT2D eigenvalue weighted by Gasteiger charge is 2.23. The topological polar surface area (TPSA) is 61.4 Å². The van der Waals surface area contributed by atoms with Crippen LogP contribution < -0.4 is 10.6 Å². The Balaban J connectivity index is 1.64. The number of hydrogen-bond acceptors (Lipinski definition) is 3. The number of rotatable bonds is 8. The summed E-state index contributed by atoms with van der Waals surface area (Å²) < 4.78 is 0. The van der Waals surface area contributed by atoms with Crippen molar-refractivity contribution in [1.29, 1.82) is 0 Å². The molecule has 132 valence electrons. The van der Waals surface area contributed by atoms with Crippen molar-refractivity contribution < 1.29 is 9.59 Å². The lowest BCUT2D eigenvalue weighted by atomic mass is 10.0. The summed E-state index contributed by atoms with van der Waals surface area (Å²) in [6, 6.07) is 10.3. The summed E-state index contributed by atoms with van der Waals surface area (Å²) in [5.41, 5.74) is 1.20. The quantitative estimate of drug-likeness (QED) is 0.713. The summed E-state index contributed by atoms with van der Waals surface area (Å²) in [6.07, 6.45) is 4.49. The number of amides is 2. The zero-order valence-corrected chi connectivity index (χ0v) is 14.6. The van der Waals surface area contributed by atoms with E-state index in [0.29, 0.717) is 12.8 Å². The zero-order valence-electron chi connectivity index (χ0n) is 14.6. The predicted molar refractivity (Wildman–Crippen MR) is 95.7 cm³/mol. The number of carbonyl (C=O) groups excluding carboxylic acids is 2. The second-order valence-electron chi connectivity index (χ2n) is 6.42. The van der Waals surface area contributed by atoms with Gasteiger partial charge in [0.05, 0.1) is 0 Å². The highest BCUT2D eigenvalue weighted by atomic mass is 16.2. The Kier molecular flexibility index (Phi) is 7.75. The summed E-state index contributed by atoms with van der Waals surface area (Å²) in [7, 11) is 1.89.